The van der Waals surface area contributed by atoms with Crippen LogP contribution in [0.2, 0.25) is 0 Å². The van der Waals surface area contributed by atoms with E-state index in [1.165, 1.54) is 17.2 Å². The number of fused-ring (bicyclic) bond motifs is 1. The first kappa shape index (κ1) is 15.8. The van der Waals surface area contributed by atoms with Gasteiger partial charge in [0.2, 0.25) is 0 Å². The smallest absolute Gasteiger partial charge is 0.193 e. The van der Waals surface area contributed by atoms with Crippen molar-refractivity contribution in [1.29, 1.82) is 0 Å². The van der Waals surface area contributed by atoms with Gasteiger partial charge in [-0.3, -0.25) is 9.98 Å². The number of guanidine groups is 1. The topological polar surface area (TPSA) is 40.5 Å². The molecule has 0 amide bonds. The van der Waals surface area contributed by atoms with Crippen LogP contribution in [0.15, 0.2) is 41.5 Å². The van der Waals surface area contributed by atoms with Crippen molar-refractivity contribution in [2.75, 3.05) is 20.1 Å². The summed E-state index contributed by atoms with van der Waals surface area (Å²) in [5.74, 6) is 2.42. The SMILES string of the molecule is CN=C(NCc1nccc2ccccc12)N1CC(C)CC(C)C1. The van der Waals surface area contributed by atoms with Gasteiger partial charge in [0.1, 0.15) is 0 Å². The minimum Gasteiger partial charge on any atom is -0.351 e. The van der Waals surface area contributed by atoms with E-state index in [1.807, 2.05) is 13.2 Å². The van der Waals surface area contributed by atoms with E-state index >= 15 is 0 Å². The van der Waals surface area contributed by atoms with Crippen molar-refractivity contribution in [2.24, 2.45) is 16.8 Å². The first-order chi connectivity index (χ1) is 11.2. The van der Waals surface area contributed by atoms with Crippen LogP contribution in [-0.4, -0.2) is 36.0 Å². The van der Waals surface area contributed by atoms with Gasteiger partial charge in [-0.25, -0.2) is 0 Å². The molecular weight excluding hydrogens is 284 g/mol. The summed E-state index contributed by atoms with van der Waals surface area (Å²) >= 11 is 0. The van der Waals surface area contributed by atoms with Crippen molar-refractivity contribution in [3.8, 4) is 0 Å². The summed E-state index contributed by atoms with van der Waals surface area (Å²) in [5, 5.41) is 5.94. The molecule has 3 rings (SSSR count). The van der Waals surface area contributed by atoms with Crippen molar-refractivity contribution in [2.45, 2.75) is 26.8 Å². The Balaban J connectivity index is 1.73. The molecule has 0 aliphatic carbocycles. The maximum atomic E-state index is 4.55. The van der Waals surface area contributed by atoms with E-state index in [0.717, 1.165) is 24.7 Å². The molecule has 1 saturated heterocycles. The molecule has 2 aromatic rings. The third-order valence-electron chi connectivity index (χ3n) is 4.55. The average Bonchev–Trinajstić information content (AvgIpc) is 2.54. The van der Waals surface area contributed by atoms with Gasteiger partial charge in [-0.15, -0.1) is 0 Å². The minimum atomic E-state index is 0.702. The number of nitrogens with zero attached hydrogens (tertiary/aromatic N) is 3. The van der Waals surface area contributed by atoms with Crippen molar-refractivity contribution in [3.05, 3.63) is 42.2 Å². The Morgan fingerprint density at radius 3 is 2.70 bits per heavy atom. The van der Waals surface area contributed by atoms with Gasteiger partial charge in [0.25, 0.3) is 0 Å². The molecule has 2 heterocycles. The van der Waals surface area contributed by atoms with Gasteiger partial charge in [0.05, 0.1) is 12.2 Å². The number of nitrogens with one attached hydrogen (secondary N) is 1. The number of hydrogen-bond acceptors (Lipinski definition) is 2. The Hall–Kier alpha value is -2.10. The second-order valence-corrected chi connectivity index (χ2v) is 6.73. The third kappa shape index (κ3) is 3.63. The lowest BCUT2D eigenvalue weighted by Crippen LogP contribution is -2.48. The molecule has 23 heavy (non-hydrogen) atoms. The predicted molar refractivity (Wildman–Crippen MR) is 96.5 cm³/mol. The molecule has 1 aromatic heterocycles. The number of rotatable bonds is 2. The number of pyridine rings is 1. The molecule has 0 saturated carbocycles. The molecule has 2 atom stereocenters. The van der Waals surface area contributed by atoms with Gasteiger partial charge in [0, 0.05) is 31.7 Å². The summed E-state index contributed by atoms with van der Waals surface area (Å²) in [4.78, 5) is 11.4. The normalized spacial score (nSPS) is 22.4. The maximum Gasteiger partial charge on any atom is 0.193 e. The Labute approximate surface area is 138 Å². The third-order valence-corrected chi connectivity index (χ3v) is 4.55. The summed E-state index contributed by atoms with van der Waals surface area (Å²) in [6.45, 7) is 7.50. The van der Waals surface area contributed by atoms with Crippen molar-refractivity contribution in [1.82, 2.24) is 15.2 Å². The van der Waals surface area contributed by atoms with E-state index in [2.05, 4.69) is 64.4 Å². The lowest BCUT2D eigenvalue weighted by molar-refractivity contribution is 0.208. The van der Waals surface area contributed by atoms with Gasteiger partial charge in [0.15, 0.2) is 5.96 Å². The molecule has 4 nitrogen and oxygen atoms in total. The molecule has 0 bridgehead atoms. The Bertz CT molecular complexity index is 679. The van der Waals surface area contributed by atoms with Crippen LogP contribution in [-0.2, 0) is 6.54 Å². The summed E-state index contributed by atoms with van der Waals surface area (Å²) in [6.07, 6.45) is 3.19. The zero-order chi connectivity index (χ0) is 16.2. The lowest BCUT2D eigenvalue weighted by Gasteiger charge is -2.37. The highest BCUT2D eigenvalue weighted by Gasteiger charge is 2.24. The van der Waals surface area contributed by atoms with Crippen LogP contribution in [0.3, 0.4) is 0 Å². The fourth-order valence-corrected chi connectivity index (χ4v) is 3.65. The van der Waals surface area contributed by atoms with Crippen LogP contribution in [0, 0.1) is 11.8 Å². The molecule has 4 heteroatoms. The fraction of sp³-hybridized carbons (Fsp3) is 0.474. The van der Waals surface area contributed by atoms with E-state index in [1.54, 1.807) is 0 Å². The van der Waals surface area contributed by atoms with E-state index in [-0.39, 0.29) is 0 Å². The number of hydrogen-bond donors (Lipinski definition) is 1. The van der Waals surface area contributed by atoms with Crippen LogP contribution in [0.25, 0.3) is 10.8 Å². The second kappa shape index (κ2) is 6.99. The molecule has 122 valence electrons. The molecule has 2 unspecified atom stereocenters. The summed E-state index contributed by atoms with van der Waals surface area (Å²) in [6, 6.07) is 10.4. The standard InChI is InChI=1S/C19H26N4/c1-14-10-15(2)13-23(12-14)19(20-3)22-11-18-17-7-5-4-6-16(17)8-9-21-18/h4-9,14-15H,10-13H2,1-3H3,(H,20,22). The first-order valence-electron chi connectivity index (χ1n) is 8.45. The molecule has 1 aliphatic rings. The van der Waals surface area contributed by atoms with Gasteiger partial charge in [-0.05, 0) is 29.7 Å². The molecule has 0 spiro atoms. The number of aromatic nitrogens is 1. The minimum absolute atomic E-state index is 0.702. The summed E-state index contributed by atoms with van der Waals surface area (Å²) < 4.78 is 0. The zero-order valence-electron chi connectivity index (χ0n) is 14.3. The van der Waals surface area contributed by atoms with Crippen molar-refractivity contribution in [3.63, 3.8) is 0 Å². The van der Waals surface area contributed by atoms with E-state index in [9.17, 15) is 0 Å². The van der Waals surface area contributed by atoms with Crippen LogP contribution >= 0.6 is 0 Å². The quantitative estimate of drug-likeness (QED) is 0.683. The second-order valence-electron chi connectivity index (χ2n) is 6.73. The zero-order valence-corrected chi connectivity index (χ0v) is 14.3. The molecular formula is C19H26N4. The highest BCUT2D eigenvalue weighted by Crippen LogP contribution is 2.21. The fourth-order valence-electron chi connectivity index (χ4n) is 3.65. The van der Waals surface area contributed by atoms with Gasteiger partial charge < -0.3 is 10.2 Å². The molecule has 1 aromatic carbocycles. The Morgan fingerprint density at radius 2 is 1.96 bits per heavy atom. The van der Waals surface area contributed by atoms with Gasteiger partial charge in [-0.1, -0.05) is 38.1 Å². The maximum absolute atomic E-state index is 4.55. The van der Waals surface area contributed by atoms with Crippen molar-refractivity contribution >= 4 is 16.7 Å². The first-order valence-corrected chi connectivity index (χ1v) is 8.45. The van der Waals surface area contributed by atoms with Gasteiger partial charge in [-0.2, -0.15) is 0 Å². The van der Waals surface area contributed by atoms with Crippen LogP contribution in [0.5, 0.6) is 0 Å². The Morgan fingerprint density at radius 1 is 1.22 bits per heavy atom. The number of likely N-dealkylation sites (tertiary alicyclic amines) is 1. The highest BCUT2D eigenvalue weighted by atomic mass is 15.3. The van der Waals surface area contributed by atoms with E-state index in [4.69, 9.17) is 0 Å². The summed E-state index contributed by atoms with van der Waals surface area (Å²) in [5.41, 5.74) is 1.07. The monoisotopic (exact) mass is 310 g/mol. The number of benzene rings is 1. The molecule has 1 aliphatic heterocycles. The molecule has 1 N–H and O–H groups in total. The molecule has 1 fully saturated rings. The van der Waals surface area contributed by atoms with Crippen molar-refractivity contribution < 1.29 is 0 Å². The van der Waals surface area contributed by atoms with Crippen LogP contribution in [0.4, 0.5) is 0 Å². The van der Waals surface area contributed by atoms with Gasteiger partial charge >= 0.3 is 0 Å². The van der Waals surface area contributed by atoms with Crippen LogP contribution in [0.1, 0.15) is 26.0 Å². The molecule has 0 radical (unpaired) electrons. The Kier molecular flexibility index (Phi) is 4.79. The number of aliphatic imine (C=N–C) groups is 1. The van der Waals surface area contributed by atoms with E-state index < -0.39 is 0 Å². The van der Waals surface area contributed by atoms with Crippen LogP contribution < -0.4 is 5.32 Å². The summed E-state index contributed by atoms with van der Waals surface area (Å²) in [7, 11) is 1.86. The predicted octanol–water partition coefficient (Wildman–Crippen LogP) is 3.29. The van der Waals surface area contributed by atoms with E-state index in [0.29, 0.717) is 18.4 Å². The largest absolute Gasteiger partial charge is 0.351 e. The lowest BCUT2D eigenvalue weighted by atomic mass is 9.92. The number of piperidine rings is 1. The highest BCUT2D eigenvalue weighted by molar-refractivity contribution is 5.85. The average molecular weight is 310 g/mol.